The molecule has 0 aliphatic carbocycles. The molecule has 0 aromatic heterocycles. The summed E-state index contributed by atoms with van der Waals surface area (Å²) >= 11 is 1.95. The summed E-state index contributed by atoms with van der Waals surface area (Å²) in [5, 5.41) is 0. The second-order valence-electron chi connectivity index (χ2n) is 6.27. The zero-order valence-corrected chi connectivity index (χ0v) is 14.1. The first-order valence-electron chi connectivity index (χ1n) is 8.14. The van der Waals surface area contributed by atoms with Gasteiger partial charge in [0, 0.05) is 25.4 Å². The maximum atomic E-state index is 12.8. The zero-order valence-electron chi connectivity index (χ0n) is 13.2. The van der Waals surface area contributed by atoms with Crippen LogP contribution in [-0.2, 0) is 4.74 Å². The molecular formula is C17H21NO4S. The summed E-state index contributed by atoms with van der Waals surface area (Å²) in [5.41, 5.74) is 0.612. The molecule has 124 valence electrons. The van der Waals surface area contributed by atoms with Crippen molar-refractivity contribution in [3.8, 4) is 11.5 Å². The molecule has 2 saturated heterocycles. The van der Waals surface area contributed by atoms with Crippen molar-refractivity contribution < 1.29 is 19.0 Å². The number of nitrogens with zero attached hydrogens (tertiary/aromatic N) is 1. The van der Waals surface area contributed by atoms with E-state index in [1.165, 1.54) is 0 Å². The number of rotatable bonds is 3. The lowest BCUT2D eigenvalue weighted by atomic mass is 9.92. The van der Waals surface area contributed by atoms with Gasteiger partial charge in [0.25, 0.3) is 5.91 Å². The van der Waals surface area contributed by atoms with Crippen LogP contribution in [-0.4, -0.2) is 60.3 Å². The van der Waals surface area contributed by atoms with Crippen LogP contribution in [0.25, 0.3) is 0 Å². The highest BCUT2D eigenvalue weighted by atomic mass is 32.2. The van der Waals surface area contributed by atoms with Crippen molar-refractivity contribution in [3.63, 3.8) is 0 Å². The highest BCUT2D eigenvalue weighted by Crippen LogP contribution is 2.47. The van der Waals surface area contributed by atoms with Crippen LogP contribution >= 0.6 is 11.8 Å². The zero-order chi connectivity index (χ0) is 15.9. The summed E-state index contributed by atoms with van der Waals surface area (Å²) in [6, 6.07) is 5.53. The van der Waals surface area contributed by atoms with Gasteiger partial charge in [-0.05, 0) is 25.5 Å². The number of benzene rings is 1. The lowest BCUT2D eigenvalue weighted by molar-refractivity contribution is 0.0354. The van der Waals surface area contributed by atoms with Gasteiger partial charge in [0.15, 0.2) is 11.5 Å². The van der Waals surface area contributed by atoms with Gasteiger partial charge in [0.1, 0.15) is 13.2 Å². The average Bonchev–Trinajstić information content (AvgIpc) is 2.97. The summed E-state index contributed by atoms with van der Waals surface area (Å²) < 4.78 is 17.2. The molecule has 2 fully saturated rings. The highest BCUT2D eigenvalue weighted by Gasteiger charge is 2.51. The number of carbonyl (C=O) groups excluding carboxylic acids is 1. The minimum Gasteiger partial charge on any atom is -0.486 e. The van der Waals surface area contributed by atoms with E-state index >= 15 is 0 Å². The van der Waals surface area contributed by atoms with Gasteiger partial charge < -0.3 is 19.1 Å². The first kappa shape index (κ1) is 15.1. The molecule has 1 aromatic rings. The van der Waals surface area contributed by atoms with E-state index in [2.05, 4.69) is 0 Å². The molecular weight excluding hydrogens is 314 g/mol. The third kappa shape index (κ3) is 2.68. The normalized spacial score (nSPS) is 24.6. The number of ether oxygens (including phenoxy) is 3. The first-order valence-corrected chi connectivity index (χ1v) is 9.13. The molecule has 0 bridgehead atoms. The predicted octanol–water partition coefficient (Wildman–Crippen LogP) is 2.19. The topological polar surface area (TPSA) is 48.0 Å². The number of thioether (sulfide) groups is 1. The van der Waals surface area contributed by atoms with Crippen molar-refractivity contribution in [2.45, 2.75) is 24.2 Å². The molecule has 3 aliphatic rings. The third-order valence-electron chi connectivity index (χ3n) is 4.62. The van der Waals surface area contributed by atoms with Crippen molar-refractivity contribution in [2.75, 3.05) is 38.7 Å². The number of para-hydroxylation sites is 1. The molecule has 23 heavy (non-hydrogen) atoms. The van der Waals surface area contributed by atoms with E-state index in [1.54, 1.807) is 0 Å². The van der Waals surface area contributed by atoms with Gasteiger partial charge in [-0.3, -0.25) is 4.79 Å². The number of hydrogen-bond acceptors (Lipinski definition) is 5. The lowest BCUT2D eigenvalue weighted by Crippen LogP contribution is -2.60. The van der Waals surface area contributed by atoms with E-state index in [4.69, 9.17) is 14.2 Å². The van der Waals surface area contributed by atoms with Crippen LogP contribution in [0.3, 0.4) is 0 Å². The number of amides is 1. The summed E-state index contributed by atoms with van der Waals surface area (Å²) in [7, 11) is 0. The fourth-order valence-corrected chi connectivity index (χ4v) is 5.12. The number of carbonyl (C=O) groups is 1. The summed E-state index contributed by atoms with van der Waals surface area (Å²) in [6.45, 7) is 5.42. The smallest absolute Gasteiger partial charge is 0.257 e. The van der Waals surface area contributed by atoms with Crippen LogP contribution < -0.4 is 9.47 Å². The average molecular weight is 335 g/mol. The standard InChI is InChI=1S/C17H21NO4S/c1-2-20-12-8-17(23-9-12)10-18(11-17)16(19)13-4-3-5-14-15(13)22-7-6-21-14/h3-5,12H,2,6-11H2,1H3/t12-/m0/s1. The summed E-state index contributed by atoms with van der Waals surface area (Å²) in [4.78, 5) is 14.7. The van der Waals surface area contributed by atoms with Gasteiger partial charge in [-0.2, -0.15) is 0 Å². The summed E-state index contributed by atoms with van der Waals surface area (Å²) in [5.74, 6) is 2.34. The Labute approximate surface area is 140 Å². The molecule has 1 atom stereocenters. The van der Waals surface area contributed by atoms with Crippen LogP contribution in [0, 0.1) is 0 Å². The lowest BCUT2D eigenvalue weighted by Gasteiger charge is -2.47. The van der Waals surface area contributed by atoms with Crippen molar-refractivity contribution >= 4 is 17.7 Å². The molecule has 3 heterocycles. The van der Waals surface area contributed by atoms with Gasteiger partial charge in [-0.15, -0.1) is 11.8 Å². The van der Waals surface area contributed by atoms with Crippen molar-refractivity contribution in [3.05, 3.63) is 23.8 Å². The van der Waals surface area contributed by atoms with Crippen LogP contribution in [0.15, 0.2) is 18.2 Å². The van der Waals surface area contributed by atoms with Crippen LogP contribution in [0.4, 0.5) is 0 Å². The minimum atomic E-state index is 0.0402. The Bertz CT molecular complexity index is 615. The quantitative estimate of drug-likeness (QED) is 0.847. The highest BCUT2D eigenvalue weighted by molar-refractivity contribution is 8.01. The molecule has 5 nitrogen and oxygen atoms in total. The Balaban J connectivity index is 1.44. The van der Waals surface area contributed by atoms with Crippen LogP contribution in [0.2, 0.25) is 0 Å². The van der Waals surface area contributed by atoms with E-state index in [0.29, 0.717) is 36.4 Å². The van der Waals surface area contributed by atoms with E-state index in [-0.39, 0.29) is 10.7 Å². The maximum Gasteiger partial charge on any atom is 0.257 e. The van der Waals surface area contributed by atoms with E-state index in [1.807, 2.05) is 41.8 Å². The molecule has 3 aliphatic heterocycles. The SMILES string of the molecule is CCO[C@@H]1CSC2(C1)CN(C(=O)c1cccc3c1OCCO3)C2. The third-order valence-corrected chi connectivity index (χ3v) is 6.20. The van der Waals surface area contributed by atoms with Crippen LogP contribution in [0.1, 0.15) is 23.7 Å². The maximum absolute atomic E-state index is 12.8. The molecule has 1 amide bonds. The fraction of sp³-hybridized carbons (Fsp3) is 0.588. The molecule has 6 heteroatoms. The first-order chi connectivity index (χ1) is 11.2. The van der Waals surface area contributed by atoms with E-state index in [9.17, 15) is 4.79 Å². The molecule has 0 radical (unpaired) electrons. The molecule has 0 N–H and O–H groups in total. The number of likely N-dealkylation sites (tertiary alicyclic amines) is 1. The summed E-state index contributed by atoms with van der Waals surface area (Å²) in [6.07, 6.45) is 1.38. The molecule has 1 spiro atoms. The van der Waals surface area contributed by atoms with Gasteiger partial charge in [-0.1, -0.05) is 6.07 Å². The Morgan fingerprint density at radius 3 is 3.04 bits per heavy atom. The van der Waals surface area contributed by atoms with Gasteiger partial charge in [-0.25, -0.2) is 0 Å². The minimum absolute atomic E-state index is 0.0402. The Hall–Kier alpha value is -1.40. The molecule has 1 aromatic carbocycles. The van der Waals surface area contributed by atoms with Crippen LogP contribution in [0.5, 0.6) is 11.5 Å². The van der Waals surface area contributed by atoms with Crippen molar-refractivity contribution in [2.24, 2.45) is 0 Å². The number of hydrogen-bond donors (Lipinski definition) is 0. The van der Waals surface area contributed by atoms with Gasteiger partial charge >= 0.3 is 0 Å². The fourth-order valence-electron chi connectivity index (χ4n) is 3.57. The molecule has 4 rings (SSSR count). The van der Waals surface area contributed by atoms with E-state index in [0.717, 1.165) is 31.9 Å². The van der Waals surface area contributed by atoms with Crippen molar-refractivity contribution in [1.29, 1.82) is 0 Å². The van der Waals surface area contributed by atoms with Gasteiger partial charge in [0.05, 0.1) is 16.4 Å². The van der Waals surface area contributed by atoms with E-state index < -0.39 is 0 Å². The molecule has 0 saturated carbocycles. The molecule has 0 unspecified atom stereocenters. The number of fused-ring (bicyclic) bond motifs is 1. The second kappa shape index (κ2) is 5.91. The second-order valence-corrected chi connectivity index (χ2v) is 7.75. The van der Waals surface area contributed by atoms with Gasteiger partial charge in [0.2, 0.25) is 0 Å². The Kier molecular flexibility index (Phi) is 3.89. The monoisotopic (exact) mass is 335 g/mol. The Morgan fingerprint density at radius 1 is 1.39 bits per heavy atom. The Morgan fingerprint density at radius 2 is 2.22 bits per heavy atom. The largest absolute Gasteiger partial charge is 0.486 e. The predicted molar refractivity (Wildman–Crippen MR) is 88.6 cm³/mol. The van der Waals surface area contributed by atoms with Crippen molar-refractivity contribution in [1.82, 2.24) is 4.90 Å².